The van der Waals surface area contributed by atoms with Gasteiger partial charge in [-0.1, -0.05) is 0 Å². The lowest BCUT2D eigenvalue weighted by atomic mass is 10.1. The fourth-order valence-electron chi connectivity index (χ4n) is 2.73. The quantitative estimate of drug-likeness (QED) is 0.735. The van der Waals surface area contributed by atoms with Crippen molar-refractivity contribution in [3.63, 3.8) is 0 Å². The van der Waals surface area contributed by atoms with Crippen LogP contribution in [0, 0.1) is 0 Å². The zero-order chi connectivity index (χ0) is 13.3. The van der Waals surface area contributed by atoms with Crippen molar-refractivity contribution in [1.29, 1.82) is 0 Å². The number of carboxylic acids is 1. The van der Waals surface area contributed by atoms with Crippen LogP contribution in [0.4, 0.5) is 4.79 Å². The van der Waals surface area contributed by atoms with E-state index in [-0.39, 0.29) is 5.91 Å². The molecule has 2 saturated heterocycles. The first-order chi connectivity index (χ1) is 8.52. The van der Waals surface area contributed by atoms with Gasteiger partial charge in [-0.05, 0) is 25.7 Å². The molecule has 0 unspecified atom stereocenters. The van der Waals surface area contributed by atoms with Gasteiger partial charge in [0.1, 0.15) is 12.1 Å². The van der Waals surface area contributed by atoms with Gasteiger partial charge < -0.3 is 15.1 Å². The van der Waals surface area contributed by atoms with Crippen LogP contribution in [0.5, 0.6) is 0 Å². The summed E-state index contributed by atoms with van der Waals surface area (Å²) >= 11 is 0. The van der Waals surface area contributed by atoms with E-state index in [1.807, 2.05) is 0 Å². The minimum absolute atomic E-state index is 0.345. The smallest absolute Gasteiger partial charge is 0.407 e. The van der Waals surface area contributed by atoms with Gasteiger partial charge in [0.25, 0.3) is 0 Å². The molecular formula is C11H16N2O5. The fraction of sp³-hybridized carbons (Fsp3) is 0.727. The van der Waals surface area contributed by atoms with Crippen molar-refractivity contribution in [1.82, 2.24) is 9.80 Å². The van der Waals surface area contributed by atoms with Gasteiger partial charge in [-0.3, -0.25) is 9.69 Å². The zero-order valence-corrected chi connectivity index (χ0v) is 9.91. The molecule has 100 valence electrons. The molecule has 2 aliphatic rings. The van der Waals surface area contributed by atoms with Gasteiger partial charge in [0, 0.05) is 13.1 Å². The minimum Gasteiger partial charge on any atom is -0.480 e. The monoisotopic (exact) mass is 256 g/mol. The number of nitrogens with zero attached hydrogens (tertiary/aromatic N) is 2. The van der Waals surface area contributed by atoms with Crippen molar-refractivity contribution in [2.45, 2.75) is 37.8 Å². The van der Waals surface area contributed by atoms with Crippen LogP contribution in [0.1, 0.15) is 25.7 Å². The average Bonchev–Trinajstić information content (AvgIpc) is 2.97. The van der Waals surface area contributed by atoms with Crippen molar-refractivity contribution in [3.05, 3.63) is 0 Å². The number of carbonyl (C=O) groups is 3. The van der Waals surface area contributed by atoms with Gasteiger partial charge in [0.05, 0.1) is 0 Å². The van der Waals surface area contributed by atoms with Crippen molar-refractivity contribution < 1.29 is 24.6 Å². The topological polar surface area (TPSA) is 98.2 Å². The van der Waals surface area contributed by atoms with Gasteiger partial charge in [-0.15, -0.1) is 0 Å². The van der Waals surface area contributed by atoms with Crippen LogP contribution < -0.4 is 0 Å². The summed E-state index contributed by atoms with van der Waals surface area (Å²) < 4.78 is 0. The Bertz CT molecular complexity index is 350. The highest BCUT2D eigenvalue weighted by Crippen LogP contribution is 2.24. The lowest BCUT2D eigenvalue weighted by Crippen LogP contribution is -2.50. The fourth-order valence-corrected chi connectivity index (χ4v) is 2.73. The zero-order valence-electron chi connectivity index (χ0n) is 9.91. The molecule has 0 bridgehead atoms. The summed E-state index contributed by atoms with van der Waals surface area (Å²) in [5.74, 6) is -1.37. The second-order valence-corrected chi connectivity index (χ2v) is 4.66. The molecule has 18 heavy (non-hydrogen) atoms. The highest BCUT2D eigenvalue weighted by molar-refractivity contribution is 5.89. The van der Waals surface area contributed by atoms with Gasteiger partial charge in [-0.2, -0.15) is 0 Å². The first-order valence-electron chi connectivity index (χ1n) is 6.05. The molecule has 2 N–H and O–H groups in total. The Kier molecular flexibility index (Phi) is 3.40. The first kappa shape index (κ1) is 12.7. The molecule has 2 aliphatic heterocycles. The molecule has 2 heterocycles. The SMILES string of the molecule is O=C(O)[C@@H]1CCCN1C(=O)[C@@H]1CCCN1C(=O)O. The van der Waals surface area contributed by atoms with Gasteiger partial charge in [0.15, 0.2) is 0 Å². The largest absolute Gasteiger partial charge is 0.480 e. The average molecular weight is 256 g/mol. The Morgan fingerprint density at radius 1 is 0.889 bits per heavy atom. The summed E-state index contributed by atoms with van der Waals surface area (Å²) in [6.45, 7) is 0.747. The molecule has 0 aromatic rings. The van der Waals surface area contributed by atoms with E-state index >= 15 is 0 Å². The summed E-state index contributed by atoms with van der Waals surface area (Å²) in [4.78, 5) is 36.7. The summed E-state index contributed by atoms with van der Waals surface area (Å²) in [6, 6.07) is -1.50. The maximum atomic E-state index is 12.2. The maximum absolute atomic E-state index is 12.2. The molecule has 0 radical (unpaired) electrons. The van der Waals surface area contributed by atoms with Crippen LogP contribution in [-0.4, -0.2) is 63.2 Å². The van der Waals surface area contributed by atoms with E-state index in [0.29, 0.717) is 38.8 Å². The molecule has 2 atom stereocenters. The van der Waals surface area contributed by atoms with Crippen LogP contribution >= 0.6 is 0 Å². The molecule has 2 fully saturated rings. The van der Waals surface area contributed by atoms with E-state index in [9.17, 15) is 14.4 Å². The van der Waals surface area contributed by atoms with E-state index in [1.54, 1.807) is 0 Å². The Balaban J connectivity index is 2.11. The summed E-state index contributed by atoms with van der Waals surface area (Å²) in [6.07, 6.45) is 1.11. The number of carboxylic acid groups (broad SMARTS) is 2. The van der Waals surface area contributed by atoms with Crippen LogP contribution in [0.15, 0.2) is 0 Å². The Hall–Kier alpha value is -1.79. The van der Waals surface area contributed by atoms with Crippen LogP contribution in [0.25, 0.3) is 0 Å². The predicted molar refractivity (Wildman–Crippen MR) is 60.1 cm³/mol. The molecule has 7 nitrogen and oxygen atoms in total. The molecule has 2 amide bonds. The van der Waals surface area contributed by atoms with E-state index in [0.717, 1.165) is 4.90 Å². The maximum Gasteiger partial charge on any atom is 0.407 e. The number of aliphatic carboxylic acids is 1. The second-order valence-electron chi connectivity index (χ2n) is 4.66. The molecule has 0 aromatic carbocycles. The molecule has 0 saturated carbocycles. The third-order valence-electron chi connectivity index (χ3n) is 3.60. The van der Waals surface area contributed by atoms with E-state index in [1.165, 1.54) is 4.90 Å². The molecule has 7 heteroatoms. The highest BCUT2D eigenvalue weighted by Gasteiger charge is 2.42. The number of rotatable bonds is 2. The predicted octanol–water partition coefficient (Wildman–Crippen LogP) is 0.204. The third kappa shape index (κ3) is 2.12. The van der Waals surface area contributed by atoms with Gasteiger partial charge in [0.2, 0.25) is 5.91 Å². The van der Waals surface area contributed by atoms with Crippen molar-refractivity contribution >= 4 is 18.0 Å². The molecular weight excluding hydrogens is 240 g/mol. The number of hydrogen-bond acceptors (Lipinski definition) is 3. The van der Waals surface area contributed by atoms with Crippen LogP contribution in [-0.2, 0) is 9.59 Å². The second kappa shape index (κ2) is 4.83. The molecule has 0 spiro atoms. The summed E-state index contributed by atoms with van der Waals surface area (Å²) in [5, 5.41) is 18.0. The first-order valence-corrected chi connectivity index (χ1v) is 6.05. The molecule has 0 aliphatic carbocycles. The number of amides is 2. The normalized spacial score (nSPS) is 27.6. The van der Waals surface area contributed by atoms with Gasteiger partial charge >= 0.3 is 12.1 Å². The third-order valence-corrected chi connectivity index (χ3v) is 3.60. The summed E-state index contributed by atoms with van der Waals surface area (Å²) in [5.41, 5.74) is 0. The number of carbonyl (C=O) groups excluding carboxylic acids is 1. The van der Waals surface area contributed by atoms with E-state index in [4.69, 9.17) is 10.2 Å². The number of likely N-dealkylation sites (tertiary alicyclic amines) is 2. The van der Waals surface area contributed by atoms with E-state index in [2.05, 4.69) is 0 Å². The van der Waals surface area contributed by atoms with Crippen molar-refractivity contribution in [2.24, 2.45) is 0 Å². The standard InChI is InChI=1S/C11H16N2O5/c14-9(7-3-1-6-13(7)11(17)18)12-5-2-4-8(12)10(15)16/h7-8H,1-6H2,(H,15,16)(H,17,18)/t7-,8-/m0/s1. The van der Waals surface area contributed by atoms with Crippen molar-refractivity contribution in [2.75, 3.05) is 13.1 Å². The van der Waals surface area contributed by atoms with Crippen LogP contribution in [0.2, 0.25) is 0 Å². The lowest BCUT2D eigenvalue weighted by Gasteiger charge is -2.28. The van der Waals surface area contributed by atoms with Crippen LogP contribution in [0.3, 0.4) is 0 Å². The van der Waals surface area contributed by atoms with Crippen molar-refractivity contribution in [3.8, 4) is 0 Å². The Labute approximate surface area is 104 Å². The molecule has 2 rings (SSSR count). The van der Waals surface area contributed by atoms with Gasteiger partial charge in [-0.25, -0.2) is 9.59 Å². The Morgan fingerprint density at radius 2 is 1.44 bits per heavy atom. The number of hydrogen-bond donors (Lipinski definition) is 2. The molecule has 0 aromatic heterocycles. The highest BCUT2D eigenvalue weighted by atomic mass is 16.4. The Morgan fingerprint density at radius 3 is 2.00 bits per heavy atom. The minimum atomic E-state index is -1.11. The summed E-state index contributed by atoms with van der Waals surface area (Å²) in [7, 11) is 0. The lowest BCUT2D eigenvalue weighted by molar-refractivity contribution is -0.149. The van der Waals surface area contributed by atoms with E-state index < -0.39 is 24.1 Å².